The van der Waals surface area contributed by atoms with Crippen LogP contribution in [0.1, 0.15) is 5.56 Å². The molecule has 0 saturated heterocycles. The first-order valence-corrected chi connectivity index (χ1v) is 9.64. The van der Waals surface area contributed by atoms with Gasteiger partial charge in [0.05, 0.1) is 26.8 Å². The van der Waals surface area contributed by atoms with E-state index in [0.29, 0.717) is 32.6 Å². The summed E-state index contributed by atoms with van der Waals surface area (Å²) in [6, 6.07) is 10.4. The van der Waals surface area contributed by atoms with E-state index in [1.54, 1.807) is 42.6 Å². The van der Waals surface area contributed by atoms with Crippen LogP contribution in [-0.4, -0.2) is 31.4 Å². The van der Waals surface area contributed by atoms with E-state index in [9.17, 15) is 15.0 Å². The Morgan fingerprint density at radius 3 is 2.71 bits per heavy atom. The highest BCUT2D eigenvalue weighted by molar-refractivity contribution is 9.11. The second-order valence-corrected chi connectivity index (χ2v) is 7.56. The highest BCUT2D eigenvalue weighted by atomic mass is 79.9. The van der Waals surface area contributed by atoms with Crippen LogP contribution in [0.3, 0.4) is 0 Å². The largest absolute Gasteiger partial charge is 0.506 e. The number of phenolic OH excluding ortho intramolecular Hbond substituents is 2. The van der Waals surface area contributed by atoms with Gasteiger partial charge in [0.2, 0.25) is 0 Å². The van der Waals surface area contributed by atoms with Crippen molar-refractivity contribution in [2.45, 2.75) is 0 Å². The Balaban J connectivity index is 1.70. The first-order chi connectivity index (χ1) is 13.4. The molecule has 2 heterocycles. The van der Waals surface area contributed by atoms with Gasteiger partial charge in [-0.25, -0.2) is 4.98 Å². The minimum atomic E-state index is -0.223. The number of phenols is 2. The van der Waals surface area contributed by atoms with Crippen LogP contribution in [0, 0.1) is 0 Å². The van der Waals surface area contributed by atoms with E-state index in [2.05, 4.69) is 51.8 Å². The van der Waals surface area contributed by atoms with E-state index in [-0.39, 0.29) is 21.5 Å². The van der Waals surface area contributed by atoms with Gasteiger partial charge < -0.3 is 20.2 Å². The molecular formula is C19H12Br2N4O3. The molecule has 0 aliphatic heterocycles. The zero-order valence-corrected chi connectivity index (χ0v) is 17.2. The Morgan fingerprint density at radius 1 is 1.11 bits per heavy atom. The number of nitrogens with zero attached hydrogens (tertiary/aromatic N) is 2. The topological polar surface area (TPSA) is 114 Å². The molecule has 7 nitrogen and oxygen atoms in total. The number of fused-ring (bicyclic) bond motifs is 1. The van der Waals surface area contributed by atoms with Crippen molar-refractivity contribution in [3.63, 3.8) is 0 Å². The minimum absolute atomic E-state index is 0.0861. The van der Waals surface area contributed by atoms with Crippen molar-refractivity contribution in [3.05, 3.63) is 67.5 Å². The number of benzene rings is 2. The van der Waals surface area contributed by atoms with Crippen LogP contribution in [-0.2, 0) is 0 Å². The van der Waals surface area contributed by atoms with E-state index >= 15 is 0 Å². The predicted octanol–water partition coefficient (Wildman–Crippen LogP) is 4.61. The Morgan fingerprint density at radius 2 is 1.93 bits per heavy atom. The highest BCUT2D eigenvalue weighted by Crippen LogP contribution is 2.40. The van der Waals surface area contributed by atoms with Gasteiger partial charge >= 0.3 is 0 Å². The Hall–Kier alpha value is -2.91. The number of rotatable bonds is 3. The number of hydrogen-bond donors (Lipinski definition) is 4. The van der Waals surface area contributed by atoms with Crippen LogP contribution in [0.2, 0.25) is 0 Å². The summed E-state index contributed by atoms with van der Waals surface area (Å²) in [4.78, 5) is 26.5. The number of aliphatic imine (C=N–C) groups is 1. The lowest BCUT2D eigenvalue weighted by atomic mass is 10.2. The van der Waals surface area contributed by atoms with Crippen molar-refractivity contribution in [1.29, 1.82) is 0 Å². The number of nitrogens with one attached hydrogen (secondary N) is 2. The van der Waals surface area contributed by atoms with Crippen molar-refractivity contribution >= 4 is 54.8 Å². The summed E-state index contributed by atoms with van der Waals surface area (Å²) in [5.41, 5.74) is 2.72. The Kier molecular flexibility index (Phi) is 4.78. The maximum absolute atomic E-state index is 11.9. The van der Waals surface area contributed by atoms with E-state index in [1.807, 2.05) is 0 Å². The number of aromatic amines is 2. The maximum Gasteiger partial charge on any atom is 0.258 e. The van der Waals surface area contributed by atoms with Gasteiger partial charge in [0, 0.05) is 18.0 Å². The zero-order chi connectivity index (χ0) is 19.8. The molecule has 0 spiro atoms. The van der Waals surface area contributed by atoms with Gasteiger partial charge in [0.15, 0.2) is 0 Å². The molecule has 9 heteroatoms. The molecule has 0 aliphatic carbocycles. The van der Waals surface area contributed by atoms with Gasteiger partial charge in [-0.05, 0) is 68.3 Å². The van der Waals surface area contributed by atoms with Crippen molar-refractivity contribution in [2.75, 3.05) is 0 Å². The fraction of sp³-hybridized carbons (Fsp3) is 0. The standard InChI is InChI=1S/C19H12Br2N4O3/c20-12-6-9(16(26)15(21)17(12)27)8-23-10-3-4-13-14(7-10)25-18(24-13)11-2-1-5-22-19(11)28/h1-8,26-27H,(H,22,28)(H,24,25). The predicted molar refractivity (Wildman–Crippen MR) is 115 cm³/mol. The summed E-state index contributed by atoms with van der Waals surface area (Å²) in [7, 11) is 0. The lowest BCUT2D eigenvalue weighted by molar-refractivity contribution is 0.442. The number of imidazole rings is 1. The van der Waals surface area contributed by atoms with E-state index in [4.69, 9.17) is 0 Å². The van der Waals surface area contributed by atoms with Crippen LogP contribution in [0.4, 0.5) is 5.69 Å². The third kappa shape index (κ3) is 3.34. The van der Waals surface area contributed by atoms with Gasteiger partial charge in [-0.3, -0.25) is 9.79 Å². The number of aromatic hydroxyl groups is 2. The second kappa shape index (κ2) is 7.25. The lowest BCUT2D eigenvalue weighted by Crippen LogP contribution is -2.07. The normalized spacial score (nSPS) is 11.5. The molecule has 0 unspecified atom stereocenters. The molecule has 4 rings (SSSR count). The maximum atomic E-state index is 11.9. The van der Waals surface area contributed by atoms with Crippen molar-refractivity contribution in [3.8, 4) is 22.9 Å². The molecule has 2 aromatic carbocycles. The van der Waals surface area contributed by atoms with Crippen LogP contribution < -0.4 is 5.56 Å². The third-order valence-corrected chi connectivity index (χ3v) is 5.44. The van der Waals surface area contributed by atoms with Crippen molar-refractivity contribution in [2.24, 2.45) is 4.99 Å². The van der Waals surface area contributed by atoms with Gasteiger partial charge in [0.25, 0.3) is 5.56 Å². The molecule has 140 valence electrons. The Labute approximate surface area is 175 Å². The fourth-order valence-corrected chi connectivity index (χ4v) is 3.83. The molecule has 0 bridgehead atoms. The molecule has 0 atom stereocenters. The second-order valence-electron chi connectivity index (χ2n) is 5.92. The summed E-state index contributed by atoms with van der Waals surface area (Å²) in [6.45, 7) is 0. The summed E-state index contributed by atoms with van der Waals surface area (Å²) in [6.07, 6.45) is 3.06. The smallest absolute Gasteiger partial charge is 0.258 e. The van der Waals surface area contributed by atoms with Gasteiger partial charge in [0.1, 0.15) is 21.8 Å². The van der Waals surface area contributed by atoms with Crippen molar-refractivity contribution < 1.29 is 10.2 Å². The average Bonchev–Trinajstić information content (AvgIpc) is 3.11. The molecule has 0 amide bonds. The summed E-state index contributed by atoms with van der Waals surface area (Å²) in [5.74, 6) is 0.275. The molecule has 4 N–H and O–H groups in total. The number of halogens is 2. The molecule has 0 saturated carbocycles. The summed E-state index contributed by atoms with van der Waals surface area (Å²) in [5, 5.41) is 19.9. The molecule has 4 aromatic rings. The highest BCUT2D eigenvalue weighted by Gasteiger charge is 2.13. The van der Waals surface area contributed by atoms with E-state index in [0.717, 1.165) is 5.52 Å². The summed E-state index contributed by atoms with van der Waals surface area (Å²) < 4.78 is 0.616. The molecule has 2 aromatic heterocycles. The van der Waals surface area contributed by atoms with Crippen LogP contribution in [0.25, 0.3) is 22.4 Å². The molecule has 0 fully saturated rings. The van der Waals surface area contributed by atoms with Crippen LogP contribution in [0.5, 0.6) is 11.5 Å². The minimum Gasteiger partial charge on any atom is -0.506 e. The molecular weight excluding hydrogens is 492 g/mol. The Bertz CT molecular complexity index is 1290. The first-order valence-electron chi connectivity index (χ1n) is 8.06. The molecule has 28 heavy (non-hydrogen) atoms. The lowest BCUT2D eigenvalue weighted by Gasteiger charge is -2.06. The van der Waals surface area contributed by atoms with E-state index < -0.39 is 0 Å². The number of H-pyrrole nitrogens is 2. The monoisotopic (exact) mass is 502 g/mol. The van der Waals surface area contributed by atoms with Gasteiger partial charge in [-0.1, -0.05) is 0 Å². The molecule has 0 radical (unpaired) electrons. The van der Waals surface area contributed by atoms with Crippen LogP contribution in [0.15, 0.2) is 61.3 Å². The van der Waals surface area contributed by atoms with Crippen molar-refractivity contribution in [1.82, 2.24) is 15.0 Å². The number of hydrogen-bond acceptors (Lipinski definition) is 5. The van der Waals surface area contributed by atoms with E-state index in [1.165, 1.54) is 6.21 Å². The van der Waals surface area contributed by atoms with Crippen LogP contribution >= 0.6 is 31.9 Å². The van der Waals surface area contributed by atoms with Gasteiger partial charge in [-0.2, -0.15) is 0 Å². The zero-order valence-electron chi connectivity index (χ0n) is 14.1. The molecule has 0 aliphatic rings. The number of aromatic nitrogens is 3. The SMILES string of the molecule is O=c1[nH]cccc1-c1nc2ccc(N=Cc3cc(Br)c(O)c(Br)c3O)cc2[nH]1. The average molecular weight is 504 g/mol. The first kappa shape index (κ1) is 18.5. The fourth-order valence-electron chi connectivity index (χ4n) is 2.67. The quantitative estimate of drug-likeness (QED) is 0.306. The third-order valence-electron chi connectivity index (χ3n) is 4.09. The number of pyridine rings is 1. The summed E-state index contributed by atoms with van der Waals surface area (Å²) >= 11 is 6.36. The van der Waals surface area contributed by atoms with Gasteiger partial charge in [-0.15, -0.1) is 0 Å².